The zero-order chi connectivity index (χ0) is 13.0. The molecular weight excluding hydrogens is 228 g/mol. The molecule has 0 aromatic carbocycles. The average Bonchev–Trinajstić information content (AvgIpc) is 2.37. The molecule has 2 N–H and O–H groups in total. The van der Waals surface area contributed by atoms with Crippen LogP contribution in [0.3, 0.4) is 0 Å². The number of anilines is 1. The van der Waals surface area contributed by atoms with Gasteiger partial charge in [0.1, 0.15) is 11.9 Å². The number of ether oxygens (including phenoxy) is 1. The highest BCUT2D eigenvalue weighted by atomic mass is 16.5. The van der Waals surface area contributed by atoms with Crippen LogP contribution in [0.25, 0.3) is 0 Å². The molecule has 0 spiro atoms. The van der Waals surface area contributed by atoms with Crippen molar-refractivity contribution in [3.8, 4) is 6.07 Å². The third-order valence-electron chi connectivity index (χ3n) is 3.02. The summed E-state index contributed by atoms with van der Waals surface area (Å²) in [5, 5.41) is 15.5. The number of aryl methyl sites for hydroxylation is 2. The lowest BCUT2D eigenvalue weighted by molar-refractivity contribution is 0.0372. The molecular formula is C13H18N4O. The molecule has 18 heavy (non-hydrogen) atoms. The molecule has 1 aromatic heterocycles. The number of rotatable bonds is 3. The maximum absolute atomic E-state index is 8.99. The number of nitrogens with zero attached hydrogens (tertiary/aromatic N) is 2. The molecule has 1 fully saturated rings. The predicted molar refractivity (Wildman–Crippen MR) is 69.5 cm³/mol. The summed E-state index contributed by atoms with van der Waals surface area (Å²) in [6.07, 6.45) is 0.178. The minimum absolute atomic E-state index is 0.178. The van der Waals surface area contributed by atoms with Crippen molar-refractivity contribution in [2.45, 2.75) is 20.0 Å². The number of hydrogen-bond acceptors (Lipinski definition) is 5. The van der Waals surface area contributed by atoms with Crippen molar-refractivity contribution in [2.75, 3.05) is 31.6 Å². The Morgan fingerprint density at radius 1 is 1.61 bits per heavy atom. The molecule has 5 heteroatoms. The summed E-state index contributed by atoms with van der Waals surface area (Å²) in [7, 11) is 0. The van der Waals surface area contributed by atoms with Gasteiger partial charge in [-0.2, -0.15) is 5.26 Å². The van der Waals surface area contributed by atoms with Crippen LogP contribution in [-0.4, -0.2) is 37.3 Å². The first-order chi connectivity index (χ1) is 8.70. The lowest BCUT2D eigenvalue weighted by atomic mass is 10.1. The summed E-state index contributed by atoms with van der Waals surface area (Å²) in [5.74, 6) is 0.804. The first-order valence-electron chi connectivity index (χ1n) is 6.15. The molecule has 1 aliphatic rings. The lowest BCUT2D eigenvalue weighted by Gasteiger charge is -2.24. The summed E-state index contributed by atoms with van der Waals surface area (Å²) in [6, 6.07) is 4.08. The highest BCUT2D eigenvalue weighted by Gasteiger charge is 2.13. The smallest absolute Gasteiger partial charge is 0.126 e. The Morgan fingerprint density at radius 2 is 2.44 bits per heavy atom. The van der Waals surface area contributed by atoms with Crippen LogP contribution in [-0.2, 0) is 4.74 Å². The molecule has 0 bridgehead atoms. The largest absolute Gasteiger partial charge is 0.374 e. The molecule has 0 unspecified atom stereocenters. The van der Waals surface area contributed by atoms with Crippen LogP contribution < -0.4 is 10.6 Å². The standard InChI is InChI=1S/C13H18N4O/c1-9-5-13(17-10(2)12(9)6-14)16-8-11-7-15-3-4-18-11/h5,11,15H,3-4,7-8H2,1-2H3,(H,16,17)/t11-/m0/s1. The van der Waals surface area contributed by atoms with E-state index in [0.29, 0.717) is 5.56 Å². The van der Waals surface area contributed by atoms with E-state index in [4.69, 9.17) is 10.00 Å². The van der Waals surface area contributed by atoms with Gasteiger partial charge in [-0.05, 0) is 25.5 Å². The second kappa shape index (κ2) is 5.80. The quantitative estimate of drug-likeness (QED) is 0.831. The van der Waals surface area contributed by atoms with Gasteiger partial charge in [-0.25, -0.2) is 4.98 Å². The number of nitrogens with one attached hydrogen (secondary N) is 2. The van der Waals surface area contributed by atoms with Crippen LogP contribution >= 0.6 is 0 Å². The van der Waals surface area contributed by atoms with Gasteiger partial charge in [-0.1, -0.05) is 0 Å². The number of hydrogen-bond donors (Lipinski definition) is 2. The van der Waals surface area contributed by atoms with Gasteiger partial charge in [0.25, 0.3) is 0 Å². The zero-order valence-corrected chi connectivity index (χ0v) is 10.8. The molecule has 2 heterocycles. The van der Waals surface area contributed by atoms with E-state index >= 15 is 0 Å². The summed E-state index contributed by atoms with van der Waals surface area (Å²) < 4.78 is 5.60. The first kappa shape index (κ1) is 12.8. The van der Waals surface area contributed by atoms with Gasteiger partial charge in [0, 0.05) is 19.6 Å². The molecule has 96 valence electrons. The fourth-order valence-electron chi connectivity index (χ4n) is 2.06. The molecule has 2 rings (SSSR count). The van der Waals surface area contributed by atoms with E-state index in [-0.39, 0.29) is 6.10 Å². The Balaban J connectivity index is 1.99. The van der Waals surface area contributed by atoms with Gasteiger partial charge in [0.05, 0.1) is 24.0 Å². The second-order valence-corrected chi connectivity index (χ2v) is 4.47. The third kappa shape index (κ3) is 2.97. The monoisotopic (exact) mass is 246 g/mol. The van der Waals surface area contributed by atoms with E-state index in [9.17, 15) is 0 Å². The molecule has 5 nitrogen and oxygen atoms in total. The van der Waals surface area contributed by atoms with Crippen LogP contribution in [0.2, 0.25) is 0 Å². The molecule has 1 atom stereocenters. The van der Waals surface area contributed by atoms with E-state index in [0.717, 1.165) is 43.3 Å². The fraction of sp³-hybridized carbons (Fsp3) is 0.538. The molecule has 1 aliphatic heterocycles. The van der Waals surface area contributed by atoms with Crippen molar-refractivity contribution in [2.24, 2.45) is 0 Å². The lowest BCUT2D eigenvalue weighted by Crippen LogP contribution is -2.42. The fourth-order valence-corrected chi connectivity index (χ4v) is 2.06. The van der Waals surface area contributed by atoms with Gasteiger partial charge in [0.2, 0.25) is 0 Å². The Hall–Kier alpha value is -1.64. The summed E-state index contributed by atoms with van der Waals surface area (Å²) >= 11 is 0. The van der Waals surface area contributed by atoms with Crippen molar-refractivity contribution >= 4 is 5.82 Å². The van der Waals surface area contributed by atoms with Crippen LogP contribution in [0.4, 0.5) is 5.82 Å². The SMILES string of the molecule is Cc1cc(NC[C@@H]2CNCCO2)nc(C)c1C#N. The van der Waals surface area contributed by atoms with E-state index < -0.39 is 0 Å². The highest BCUT2D eigenvalue weighted by molar-refractivity contribution is 5.48. The first-order valence-corrected chi connectivity index (χ1v) is 6.15. The van der Waals surface area contributed by atoms with Crippen LogP contribution in [0.1, 0.15) is 16.8 Å². The number of nitriles is 1. The Kier molecular flexibility index (Phi) is 4.13. The van der Waals surface area contributed by atoms with E-state index in [2.05, 4.69) is 21.7 Å². The van der Waals surface area contributed by atoms with Crippen molar-refractivity contribution < 1.29 is 4.74 Å². The number of pyridine rings is 1. The van der Waals surface area contributed by atoms with Gasteiger partial charge in [0.15, 0.2) is 0 Å². The van der Waals surface area contributed by atoms with E-state index in [1.54, 1.807) is 0 Å². The summed E-state index contributed by atoms with van der Waals surface area (Å²) in [5.41, 5.74) is 2.38. The normalized spacial score (nSPS) is 19.3. The zero-order valence-electron chi connectivity index (χ0n) is 10.8. The van der Waals surface area contributed by atoms with Gasteiger partial charge in [-0.3, -0.25) is 0 Å². The molecule has 1 aromatic rings. The van der Waals surface area contributed by atoms with Crippen molar-refractivity contribution in [1.82, 2.24) is 10.3 Å². The number of morpholine rings is 1. The van der Waals surface area contributed by atoms with E-state index in [1.165, 1.54) is 0 Å². The van der Waals surface area contributed by atoms with Crippen LogP contribution in [0.5, 0.6) is 0 Å². The predicted octanol–water partition coefficient (Wildman–Crippen LogP) is 0.970. The highest BCUT2D eigenvalue weighted by Crippen LogP contribution is 2.15. The van der Waals surface area contributed by atoms with E-state index in [1.807, 2.05) is 19.9 Å². The van der Waals surface area contributed by atoms with Crippen LogP contribution in [0, 0.1) is 25.2 Å². The maximum atomic E-state index is 8.99. The molecule has 1 saturated heterocycles. The summed E-state index contributed by atoms with van der Waals surface area (Å²) in [6.45, 7) is 7.05. The summed E-state index contributed by atoms with van der Waals surface area (Å²) in [4.78, 5) is 4.38. The molecule has 0 aliphatic carbocycles. The van der Waals surface area contributed by atoms with Crippen molar-refractivity contribution in [1.29, 1.82) is 5.26 Å². The Labute approximate surface area is 107 Å². The minimum Gasteiger partial charge on any atom is -0.374 e. The Bertz CT molecular complexity index is 438. The molecule has 0 saturated carbocycles. The maximum Gasteiger partial charge on any atom is 0.126 e. The van der Waals surface area contributed by atoms with Gasteiger partial charge < -0.3 is 15.4 Å². The van der Waals surface area contributed by atoms with Gasteiger partial charge in [-0.15, -0.1) is 0 Å². The Morgan fingerprint density at radius 3 is 3.06 bits per heavy atom. The van der Waals surface area contributed by atoms with Gasteiger partial charge >= 0.3 is 0 Å². The molecule has 0 amide bonds. The van der Waals surface area contributed by atoms with Crippen molar-refractivity contribution in [3.05, 3.63) is 22.9 Å². The van der Waals surface area contributed by atoms with Crippen LogP contribution in [0.15, 0.2) is 6.07 Å². The third-order valence-corrected chi connectivity index (χ3v) is 3.02. The molecule has 0 radical (unpaired) electrons. The minimum atomic E-state index is 0.178. The number of aromatic nitrogens is 1. The topological polar surface area (TPSA) is 70.0 Å². The van der Waals surface area contributed by atoms with Crippen molar-refractivity contribution in [3.63, 3.8) is 0 Å². The average molecular weight is 246 g/mol. The second-order valence-electron chi connectivity index (χ2n) is 4.47.